The van der Waals surface area contributed by atoms with Gasteiger partial charge in [-0.3, -0.25) is 0 Å². The molecule has 0 bridgehead atoms. The van der Waals surface area contributed by atoms with Crippen LogP contribution in [0.3, 0.4) is 0 Å². The zero-order valence-electron chi connectivity index (χ0n) is 12.4. The molecule has 0 aliphatic heterocycles. The van der Waals surface area contributed by atoms with E-state index in [9.17, 15) is 5.11 Å². The molecule has 0 aromatic heterocycles. The summed E-state index contributed by atoms with van der Waals surface area (Å²) in [5.41, 5.74) is 1.30. The Morgan fingerprint density at radius 3 is 2.47 bits per heavy atom. The highest BCUT2D eigenvalue weighted by Gasteiger charge is 2.29. The molecule has 19 heavy (non-hydrogen) atoms. The number of rotatable bonds is 5. The standard InChI is InChI=1S/C17H27NO/c1-12-4-11-17(14(12)3)18-13(2)5-6-15-7-9-16(19)10-8-15/h7-10,12-14,17-19H,4-6,11H2,1-3H3. The van der Waals surface area contributed by atoms with E-state index in [0.29, 0.717) is 17.8 Å². The van der Waals surface area contributed by atoms with Crippen LogP contribution in [0, 0.1) is 11.8 Å². The summed E-state index contributed by atoms with van der Waals surface area (Å²) in [7, 11) is 0. The maximum atomic E-state index is 9.27. The molecule has 0 saturated heterocycles. The Morgan fingerprint density at radius 1 is 1.21 bits per heavy atom. The topological polar surface area (TPSA) is 32.3 Å². The summed E-state index contributed by atoms with van der Waals surface area (Å²) < 4.78 is 0. The first kappa shape index (κ1) is 14.4. The molecule has 2 rings (SSSR count). The van der Waals surface area contributed by atoms with E-state index in [1.807, 2.05) is 12.1 Å². The predicted octanol–water partition coefficient (Wildman–Crippen LogP) is 3.74. The third-order valence-corrected chi connectivity index (χ3v) is 4.77. The fraction of sp³-hybridized carbons (Fsp3) is 0.647. The van der Waals surface area contributed by atoms with E-state index < -0.39 is 0 Å². The molecule has 1 aliphatic carbocycles. The lowest BCUT2D eigenvalue weighted by atomic mass is 9.97. The van der Waals surface area contributed by atoms with Gasteiger partial charge < -0.3 is 10.4 Å². The molecule has 1 saturated carbocycles. The van der Waals surface area contributed by atoms with Crippen LogP contribution in [0.25, 0.3) is 0 Å². The molecule has 1 aromatic rings. The van der Waals surface area contributed by atoms with Crippen molar-refractivity contribution in [1.29, 1.82) is 0 Å². The number of aromatic hydroxyl groups is 1. The summed E-state index contributed by atoms with van der Waals surface area (Å²) in [6.45, 7) is 7.03. The van der Waals surface area contributed by atoms with Crippen molar-refractivity contribution < 1.29 is 5.11 Å². The highest BCUT2D eigenvalue weighted by Crippen LogP contribution is 2.31. The van der Waals surface area contributed by atoms with Gasteiger partial charge in [-0.1, -0.05) is 26.0 Å². The van der Waals surface area contributed by atoms with Gasteiger partial charge in [0, 0.05) is 12.1 Å². The highest BCUT2D eigenvalue weighted by atomic mass is 16.3. The van der Waals surface area contributed by atoms with Crippen molar-refractivity contribution in [2.75, 3.05) is 0 Å². The minimum absolute atomic E-state index is 0.351. The zero-order chi connectivity index (χ0) is 13.8. The molecule has 2 N–H and O–H groups in total. The fourth-order valence-electron chi connectivity index (χ4n) is 3.09. The van der Waals surface area contributed by atoms with Crippen LogP contribution in [0.4, 0.5) is 0 Å². The Bertz CT molecular complexity index is 387. The van der Waals surface area contributed by atoms with Gasteiger partial charge in [-0.25, -0.2) is 0 Å². The summed E-state index contributed by atoms with van der Waals surface area (Å²) in [5, 5.41) is 13.1. The summed E-state index contributed by atoms with van der Waals surface area (Å²) >= 11 is 0. The maximum absolute atomic E-state index is 9.27. The molecule has 1 aliphatic rings. The number of hydrogen-bond acceptors (Lipinski definition) is 2. The van der Waals surface area contributed by atoms with Gasteiger partial charge >= 0.3 is 0 Å². The van der Waals surface area contributed by atoms with Crippen molar-refractivity contribution in [2.45, 2.75) is 58.5 Å². The first-order valence-corrected chi connectivity index (χ1v) is 7.60. The lowest BCUT2D eigenvalue weighted by Crippen LogP contribution is -2.39. The normalized spacial score (nSPS) is 28.5. The predicted molar refractivity (Wildman–Crippen MR) is 80.4 cm³/mol. The molecule has 0 radical (unpaired) electrons. The van der Waals surface area contributed by atoms with Gasteiger partial charge in [-0.05, 0) is 62.1 Å². The van der Waals surface area contributed by atoms with E-state index in [0.717, 1.165) is 24.7 Å². The van der Waals surface area contributed by atoms with Crippen molar-refractivity contribution in [1.82, 2.24) is 5.32 Å². The zero-order valence-corrected chi connectivity index (χ0v) is 12.4. The van der Waals surface area contributed by atoms with Crippen molar-refractivity contribution in [3.8, 4) is 5.75 Å². The van der Waals surface area contributed by atoms with Gasteiger partial charge in [-0.2, -0.15) is 0 Å². The molecule has 4 unspecified atom stereocenters. The van der Waals surface area contributed by atoms with Gasteiger partial charge in [0.2, 0.25) is 0 Å². The minimum atomic E-state index is 0.351. The second-order valence-electron chi connectivity index (χ2n) is 6.29. The smallest absolute Gasteiger partial charge is 0.115 e. The van der Waals surface area contributed by atoms with E-state index in [2.05, 4.69) is 26.1 Å². The molecule has 4 atom stereocenters. The number of nitrogens with one attached hydrogen (secondary N) is 1. The van der Waals surface area contributed by atoms with Crippen molar-refractivity contribution in [3.63, 3.8) is 0 Å². The van der Waals surface area contributed by atoms with Gasteiger partial charge in [0.1, 0.15) is 5.75 Å². The number of phenolic OH excluding ortho intramolecular Hbond substituents is 1. The number of benzene rings is 1. The fourth-order valence-corrected chi connectivity index (χ4v) is 3.09. The third kappa shape index (κ3) is 3.97. The largest absolute Gasteiger partial charge is 0.508 e. The number of hydrogen-bond donors (Lipinski definition) is 2. The SMILES string of the molecule is CC(CCc1ccc(O)cc1)NC1CCC(C)C1C. The molecule has 1 fully saturated rings. The third-order valence-electron chi connectivity index (χ3n) is 4.77. The van der Waals surface area contributed by atoms with Crippen LogP contribution in [-0.2, 0) is 6.42 Å². The van der Waals surface area contributed by atoms with Gasteiger partial charge in [0.05, 0.1) is 0 Å². The average Bonchev–Trinajstić information content (AvgIpc) is 2.70. The van der Waals surface area contributed by atoms with Crippen LogP contribution in [0.15, 0.2) is 24.3 Å². The van der Waals surface area contributed by atoms with Crippen LogP contribution < -0.4 is 5.32 Å². The Balaban J connectivity index is 1.75. The van der Waals surface area contributed by atoms with Crippen molar-refractivity contribution >= 4 is 0 Å². The van der Waals surface area contributed by atoms with E-state index in [4.69, 9.17) is 0 Å². The molecule has 2 nitrogen and oxygen atoms in total. The Hall–Kier alpha value is -1.02. The average molecular weight is 261 g/mol. The number of aryl methyl sites for hydroxylation is 1. The first-order valence-electron chi connectivity index (χ1n) is 7.60. The van der Waals surface area contributed by atoms with E-state index in [1.54, 1.807) is 12.1 Å². The molecule has 0 heterocycles. The van der Waals surface area contributed by atoms with Gasteiger partial charge in [0.15, 0.2) is 0 Å². The molecule has 1 aromatic carbocycles. The lowest BCUT2D eigenvalue weighted by molar-refractivity contribution is 0.337. The Morgan fingerprint density at radius 2 is 1.89 bits per heavy atom. The van der Waals surface area contributed by atoms with E-state index >= 15 is 0 Å². The molecule has 0 amide bonds. The molecule has 0 spiro atoms. The van der Waals surface area contributed by atoms with Crippen molar-refractivity contribution in [2.24, 2.45) is 11.8 Å². The molecular formula is C17H27NO. The summed E-state index contributed by atoms with van der Waals surface area (Å²) in [4.78, 5) is 0. The maximum Gasteiger partial charge on any atom is 0.115 e. The van der Waals surface area contributed by atoms with Gasteiger partial charge in [0.25, 0.3) is 0 Å². The van der Waals surface area contributed by atoms with Crippen LogP contribution in [0.2, 0.25) is 0 Å². The molecule has 2 heteroatoms. The lowest BCUT2D eigenvalue weighted by Gasteiger charge is -2.24. The Kier molecular flexibility index (Phi) is 4.87. The monoisotopic (exact) mass is 261 g/mol. The second kappa shape index (κ2) is 6.42. The Labute approximate surface area is 117 Å². The summed E-state index contributed by atoms with van der Waals surface area (Å²) in [5.74, 6) is 2.02. The second-order valence-corrected chi connectivity index (χ2v) is 6.29. The van der Waals surface area contributed by atoms with Gasteiger partial charge in [-0.15, -0.1) is 0 Å². The highest BCUT2D eigenvalue weighted by molar-refractivity contribution is 5.25. The minimum Gasteiger partial charge on any atom is -0.508 e. The summed E-state index contributed by atoms with van der Waals surface area (Å²) in [6.07, 6.45) is 4.92. The van der Waals surface area contributed by atoms with Crippen molar-refractivity contribution in [3.05, 3.63) is 29.8 Å². The molecular weight excluding hydrogens is 234 g/mol. The van der Waals surface area contributed by atoms with Crippen LogP contribution in [0.5, 0.6) is 5.75 Å². The quantitative estimate of drug-likeness (QED) is 0.846. The van der Waals surface area contributed by atoms with Crippen LogP contribution in [0.1, 0.15) is 45.6 Å². The summed E-state index contributed by atoms with van der Waals surface area (Å²) in [6, 6.07) is 8.84. The van der Waals surface area contributed by atoms with Crippen LogP contribution >= 0.6 is 0 Å². The van der Waals surface area contributed by atoms with Crippen LogP contribution in [-0.4, -0.2) is 17.2 Å². The van der Waals surface area contributed by atoms with E-state index in [1.165, 1.54) is 18.4 Å². The van der Waals surface area contributed by atoms with E-state index in [-0.39, 0.29) is 0 Å². The number of phenols is 1. The molecule has 106 valence electrons. The first-order chi connectivity index (χ1) is 9.06.